The highest BCUT2D eigenvalue weighted by Gasteiger charge is 2.26. The smallest absolute Gasteiger partial charge is 0.272 e. The SMILES string of the molecule is COc1cccc(Cn2c(SCC(=O)N3C[C@@H](C)C[C@H](C)C3)nc3ccsc3c2=O)c1. The zero-order chi connectivity index (χ0) is 22.0. The predicted octanol–water partition coefficient (Wildman–Crippen LogP) is 4.11. The van der Waals surface area contributed by atoms with E-state index in [-0.39, 0.29) is 17.2 Å². The van der Waals surface area contributed by atoms with Crippen molar-refractivity contribution in [3.8, 4) is 5.75 Å². The highest BCUT2D eigenvalue weighted by atomic mass is 32.2. The summed E-state index contributed by atoms with van der Waals surface area (Å²) in [5.41, 5.74) is 1.57. The van der Waals surface area contributed by atoms with Crippen molar-refractivity contribution in [1.29, 1.82) is 0 Å². The van der Waals surface area contributed by atoms with Gasteiger partial charge in [0.2, 0.25) is 5.91 Å². The second-order valence-electron chi connectivity index (χ2n) is 8.31. The topological polar surface area (TPSA) is 64.4 Å². The van der Waals surface area contributed by atoms with Crippen molar-refractivity contribution in [2.24, 2.45) is 11.8 Å². The molecule has 2 atom stereocenters. The maximum atomic E-state index is 13.2. The van der Waals surface area contributed by atoms with Gasteiger partial charge in [-0.15, -0.1) is 11.3 Å². The van der Waals surface area contributed by atoms with E-state index in [2.05, 4.69) is 13.8 Å². The van der Waals surface area contributed by atoms with E-state index in [9.17, 15) is 9.59 Å². The first-order chi connectivity index (χ1) is 14.9. The van der Waals surface area contributed by atoms with Crippen LogP contribution in [0.4, 0.5) is 0 Å². The van der Waals surface area contributed by atoms with E-state index in [1.807, 2.05) is 40.6 Å². The Morgan fingerprint density at radius 3 is 2.77 bits per heavy atom. The van der Waals surface area contributed by atoms with Crippen LogP contribution in [0.15, 0.2) is 45.7 Å². The number of hydrogen-bond donors (Lipinski definition) is 0. The third-order valence-electron chi connectivity index (χ3n) is 5.55. The lowest BCUT2D eigenvalue weighted by atomic mass is 9.92. The fraction of sp³-hybridized carbons (Fsp3) is 0.435. The van der Waals surface area contributed by atoms with Gasteiger partial charge in [0.05, 0.1) is 24.9 Å². The molecule has 3 aromatic rings. The Morgan fingerprint density at radius 2 is 2.03 bits per heavy atom. The maximum absolute atomic E-state index is 13.2. The molecule has 4 rings (SSSR count). The van der Waals surface area contributed by atoms with E-state index in [4.69, 9.17) is 9.72 Å². The van der Waals surface area contributed by atoms with Crippen LogP contribution < -0.4 is 10.3 Å². The average Bonchev–Trinajstić information content (AvgIpc) is 3.22. The molecule has 8 heteroatoms. The molecule has 0 N–H and O–H groups in total. The van der Waals surface area contributed by atoms with E-state index < -0.39 is 0 Å². The number of thiophene rings is 1. The number of carbonyl (C=O) groups excluding carboxylic acids is 1. The van der Waals surface area contributed by atoms with Gasteiger partial charge in [-0.25, -0.2) is 4.98 Å². The Morgan fingerprint density at radius 1 is 1.26 bits per heavy atom. The minimum absolute atomic E-state index is 0.0713. The molecule has 0 saturated carbocycles. The second kappa shape index (κ2) is 9.44. The number of rotatable bonds is 6. The van der Waals surface area contributed by atoms with Crippen molar-refractivity contribution in [2.75, 3.05) is 26.0 Å². The first-order valence-corrected chi connectivity index (χ1v) is 12.3. The number of fused-ring (bicyclic) bond motifs is 1. The van der Waals surface area contributed by atoms with E-state index in [0.717, 1.165) is 30.8 Å². The molecule has 1 aliphatic heterocycles. The van der Waals surface area contributed by atoms with Crippen molar-refractivity contribution >= 4 is 39.2 Å². The Kier molecular flexibility index (Phi) is 6.67. The van der Waals surface area contributed by atoms with Gasteiger partial charge >= 0.3 is 0 Å². The molecule has 31 heavy (non-hydrogen) atoms. The first-order valence-electron chi connectivity index (χ1n) is 10.5. The third kappa shape index (κ3) is 4.96. The lowest BCUT2D eigenvalue weighted by Crippen LogP contribution is -2.43. The van der Waals surface area contributed by atoms with Gasteiger partial charge in [-0.05, 0) is 47.4 Å². The fourth-order valence-corrected chi connectivity index (χ4v) is 5.89. The zero-order valence-electron chi connectivity index (χ0n) is 18.0. The summed E-state index contributed by atoms with van der Waals surface area (Å²) < 4.78 is 7.63. The molecular formula is C23H27N3O3S2. The molecule has 0 aliphatic carbocycles. The lowest BCUT2D eigenvalue weighted by molar-refractivity contribution is -0.130. The van der Waals surface area contributed by atoms with Crippen molar-refractivity contribution < 1.29 is 9.53 Å². The van der Waals surface area contributed by atoms with Gasteiger partial charge in [-0.3, -0.25) is 14.2 Å². The highest BCUT2D eigenvalue weighted by molar-refractivity contribution is 7.99. The van der Waals surface area contributed by atoms with Crippen LogP contribution in [0.5, 0.6) is 5.75 Å². The van der Waals surface area contributed by atoms with Gasteiger partial charge in [0, 0.05) is 13.1 Å². The number of amides is 1. The largest absolute Gasteiger partial charge is 0.497 e. The third-order valence-corrected chi connectivity index (χ3v) is 7.40. The molecule has 1 aliphatic rings. The number of ether oxygens (including phenoxy) is 1. The van der Waals surface area contributed by atoms with Crippen LogP contribution in [0.25, 0.3) is 10.2 Å². The number of carbonyl (C=O) groups is 1. The van der Waals surface area contributed by atoms with Crippen molar-refractivity contribution in [2.45, 2.75) is 32.0 Å². The maximum Gasteiger partial charge on any atom is 0.272 e. The molecular weight excluding hydrogens is 430 g/mol. The lowest BCUT2D eigenvalue weighted by Gasteiger charge is -2.35. The van der Waals surface area contributed by atoms with Gasteiger partial charge in [-0.1, -0.05) is 37.7 Å². The molecule has 1 aromatic carbocycles. The highest BCUT2D eigenvalue weighted by Crippen LogP contribution is 2.25. The zero-order valence-corrected chi connectivity index (χ0v) is 19.7. The summed E-state index contributed by atoms with van der Waals surface area (Å²) in [4.78, 5) is 32.8. The van der Waals surface area contributed by atoms with Crippen LogP contribution in [0.3, 0.4) is 0 Å². The molecule has 6 nitrogen and oxygen atoms in total. The van der Waals surface area contributed by atoms with Crippen molar-refractivity contribution in [3.63, 3.8) is 0 Å². The van der Waals surface area contributed by atoms with E-state index in [1.54, 1.807) is 11.7 Å². The number of methoxy groups -OCH3 is 1. The fourth-order valence-electron chi connectivity index (χ4n) is 4.21. The average molecular weight is 458 g/mol. The molecule has 0 spiro atoms. The van der Waals surface area contributed by atoms with Crippen molar-refractivity contribution in [1.82, 2.24) is 14.5 Å². The molecule has 164 valence electrons. The predicted molar refractivity (Wildman–Crippen MR) is 126 cm³/mol. The monoisotopic (exact) mass is 457 g/mol. The Bertz CT molecular complexity index is 1130. The molecule has 1 fully saturated rings. The van der Waals surface area contributed by atoms with Gasteiger partial charge in [0.1, 0.15) is 10.4 Å². The number of piperidine rings is 1. The van der Waals surface area contributed by atoms with E-state index >= 15 is 0 Å². The van der Waals surface area contributed by atoms with Crippen LogP contribution in [-0.2, 0) is 11.3 Å². The summed E-state index contributed by atoms with van der Waals surface area (Å²) in [5.74, 6) is 2.16. The number of hydrogen-bond acceptors (Lipinski definition) is 6. The van der Waals surface area contributed by atoms with Gasteiger partial charge < -0.3 is 9.64 Å². The summed E-state index contributed by atoms with van der Waals surface area (Å²) in [5, 5.41) is 2.45. The standard InChI is InChI=1S/C23H27N3O3S2/c1-15-9-16(2)12-25(11-15)20(27)14-31-23-24-19-7-8-30-21(19)22(28)26(23)13-17-5-4-6-18(10-17)29-3/h4-8,10,15-16H,9,11-14H2,1-3H3/t15-,16-/m0/s1. The summed E-state index contributed by atoms with van der Waals surface area (Å²) in [6, 6.07) is 9.52. The number of thioether (sulfide) groups is 1. The molecule has 2 aromatic heterocycles. The Labute approximate surface area is 190 Å². The van der Waals surface area contributed by atoms with Crippen LogP contribution in [0.1, 0.15) is 25.8 Å². The van der Waals surface area contributed by atoms with Crippen molar-refractivity contribution in [3.05, 3.63) is 51.6 Å². The van der Waals surface area contributed by atoms with Crippen LogP contribution in [-0.4, -0.2) is 46.3 Å². The van der Waals surface area contributed by atoms with E-state index in [0.29, 0.717) is 33.8 Å². The molecule has 1 saturated heterocycles. The van der Waals surface area contributed by atoms with E-state index in [1.165, 1.54) is 23.1 Å². The number of benzene rings is 1. The van der Waals surface area contributed by atoms with Gasteiger partial charge in [0.15, 0.2) is 5.16 Å². The second-order valence-corrected chi connectivity index (χ2v) is 10.2. The molecule has 0 bridgehead atoms. The van der Waals surface area contributed by atoms with Gasteiger partial charge in [-0.2, -0.15) is 0 Å². The molecule has 0 unspecified atom stereocenters. The Balaban J connectivity index is 1.59. The van der Waals surface area contributed by atoms with Crippen LogP contribution >= 0.6 is 23.1 Å². The minimum Gasteiger partial charge on any atom is -0.497 e. The summed E-state index contributed by atoms with van der Waals surface area (Å²) in [7, 11) is 1.62. The Hall–Kier alpha value is -2.32. The molecule has 3 heterocycles. The number of nitrogens with zero attached hydrogens (tertiary/aromatic N) is 3. The van der Waals surface area contributed by atoms with Crippen LogP contribution in [0.2, 0.25) is 0 Å². The molecule has 1 amide bonds. The summed E-state index contributed by atoms with van der Waals surface area (Å²) in [6.45, 7) is 6.38. The quantitative estimate of drug-likeness (QED) is 0.412. The number of likely N-dealkylation sites (tertiary alicyclic amines) is 1. The molecule has 0 radical (unpaired) electrons. The normalized spacial score (nSPS) is 19.0. The number of aromatic nitrogens is 2. The van der Waals surface area contributed by atoms with Gasteiger partial charge in [0.25, 0.3) is 5.56 Å². The minimum atomic E-state index is -0.0713. The first kappa shape index (κ1) is 21.9. The summed E-state index contributed by atoms with van der Waals surface area (Å²) >= 11 is 2.74. The van der Waals surface area contributed by atoms with Crippen LogP contribution in [0, 0.1) is 11.8 Å². The summed E-state index contributed by atoms with van der Waals surface area (Å²) in [6.07, 6.45) is 1.16.